The Hall–Kier alpha value is -5.47. The summed E-state index contributed by atoms with van der Waals surface area (Å²) in [6.07, 6.45) is 0. The molecule has 8 rings (SSSR count). The summed E-state index contributed by atoms with van der Waals surface area (Å²) in [5.41, 5.74) is 9.94. The monoisotopic (exact) mass is 523 g/mol. The van der Waals surface area contributed by atoms with E-state index in [-0.39, 0.29) is 0 Å². The van der Waals surface area contributed by atoms with Crippen molar-refractivity contribution in [2.45, 2.75) is 0 Å². The number of benzene rings is 7. The van der Waals surface area contributed by atoms with Crippen LogP contribution in [0.15, 0.2) is 156 Å². The molecule has 0 aliphatic heterocycles. The summed E-state index contributed by atoms with van der Waals surface area (Å²) >= 11 is 0. The van der Waals surface area contributed by atoms with Crippen molar-refractivity contribution < 1.29 is 4.42 Å². The molecule has 8 aromatic rings. The average molecular weight is 524 g/mol. The first kappa shape index (κ1) is 23.4. The average Bonchev–Trinajstić information content (AvgIpc) is 3.50. The van der Waals surface area contributed by atoms with Crippen molar-refractivity contribution >= 4 is 32.6 Å². The van der Waals surface area contributed by atoms with Crippen molar-refractivity contribution in [3.63, 3.8) is 0 Å². The third kappa shape index (κ3) is 4.09. The summed E-state index contributed by atoms with van der Waals surface area (Å²) in [6.45, 7) is 0. The van der Waals surface area contributed by atoms with Crippen LogP contribution in [0.1, 0.15) is 0 Å². The van der Waals surface area contributed by atoms with Gasteiger partial charge in [0.2, 0.25) is 5.89 Å². The molecule has 7 aromatic carbocycles. The Morgan fingerprint density at radius 2 is 0.951 bits per heavy atom. The maximum Gasteiger partial charge on any atom is 0.227 e. The Kier molecular flexibility index (Phi) is 5.49. The fourth-order valence-electron chi connectivity index (χ4n) is 5.85. The van der Waals surface area contributed by atoms with Gasteiger partial charge in [0.1, 0.15) is 5.52 Å². The van der Waals surface area contributed by atoms with Crippen molar-refractivity contribution in [2.75, 3.05) is 0 Å². The second-order valence-corrected chi connectivity index (χ2v) is 10.4. The van der Waals surface area contributed by atoms with Crippen LogP contribution in [0.4, 0.5) is 0 Å². The number of nitrogens with zero attached hydrogens (tertiary/aromatic N) is 1. The summed E-state index contributed by atoms with van der Waals surface area (Å²) in [6, 6.07) is 53.4. The highest BCUT2D eigenvalue weighted by Gasteiger charge is 2.14. The predicted octanol–water partition coefficient (Wildman–Crippen LogP) is 10.8. The molecule has 1 heterocycles. The van der Waals surface area contributed by atoms with E-state index in [0.29, 0.717) is 5.89 Å². The molecule has 0 bridgehead atoms. The summed E-state index contributed by atoms with van der Waals surface area (Å²) in [5.74, 6) is 0.646. The quantitative estimate of drug-likeness (QED) is 0.214. The number of fused-ring (bicyclic) bond motifs is 5. The minimum atomic E-state index is 0.646. The van der Waals surface area contributed by atoms with E-state index in [1.807, 2.05) is 30.3 Å². The molecule has 192 valence electrons. The third-order valence-electron chi connectivity index (χ3n) is 7.92. The van der Waals surface area contributed by atoms with Gasteiger partial charge in [-0.15, -0.1) is 0 Å². The van der Waals surface area contributed by atoms with Crippen molar-refractivity contribution in [1.82, 2.24) is 4.98 Å². The van der Waals surface area contributed by atoms with Crippen LogP contribution < -0.4 is 0 Å². The van der Waals surface area contributed by atoms with Gasteiger partial charge in [-0.3, -0.25) is 0 Å². The lowest BCUT2D eigenvalue weighted by Gasteiger charge is -2.12. The molecular weight excluding hydrogens is 498 g/mol. The fourth-order valence-corrected chi connectivity index (χ4v) is 5.85. The van der Waals surface area contributed by atoms with Crippen LogP contribution in [-0.4, -0.2) is 4.98 Å². The molecule has 0 amide bonds. The number of rotatable bonds is 4. The Labute approximate surface area is 238 Å². The number of hydrogen-bond acceptors (Lipinski definition) is 2. The molecule has 0 aliphatic carbocycles. The van der Waals surface area contributed by atoms with E-state index in [1.165, 1.54) is 44.2 Å². The van der Waals surface area contributed by atoms with E-state index in [9.17, 15) is 0 Å². The third-order valence-corrected chi connectivity index (χ3v) is 7.92. The number of hydrogen-bond donors (Lipinski definition) is 0. The molecule has 0 aliphatic rings. The standard InChI is InChI=1S/C39H25NO/c1-3-9-27(10-4-1)33-13-7-8-14-34(33)28-17-15-26(16-18-28)32-22-20-29-19-21-30-23-24-36-38(37(30)35(29)25-32)41-39(40-36)31-11-5-2-6-12-31/h1-25H. The topological polar surface area (TPSA) is 26.0 Å². The molecule has 0 radical (unpaired) electrons. The SMILES string of the molecule is c1ccc(-c2nc3ccc4ccc5ccc(-c6ccc(-c7ccccc7-c7ccccc7)cc6)cc5c4c3o2)cc1. The Balaban J connectivity index is 1.24. The summed E-state index contributed by atoms with van der Waals surface area (Å²) in [4.78, 5) is 4.82. The van der Waals surface area contributed by atoms with E-state index >= 15 is 0 Å². The first-order chi connectivity index (χ1) is 20.3. The molecule has 0 saturated heterocycles. The smallest absolute Gasteiger partial charge is 0.227 e. The van der Waals surface area contributed by atoms with Gasteiger partial charge in [-0.05, 0) is 73.8 Å². The second-order valence-electron chi connectivity index (χ2n) is 10.4. The lowest BCUT2D eigenvalue weighted by molar-refractivity contribution is 0.623. The molecule has 0 unspecified atom stereocenters. The zero-order valence-corrected chi connectivity index (χ0v) is 22.3. The largest absolute Gasteiger partial charge is 0.435 e. The van der Waals surface area contributed by atoms with Crippen molar-refractivity contribution in [3.8, 4) is 44.8 Å². The van der Waals surface area contributed by atoms with Gasteiger partial charge in [-0.1, -0.05) is 127 Å². The van der Waals surface area contributed by atoms with Crippen molar-refractivity contribution in [1.29, 1.82) is 0 Å². The molecular formula is C39H25NO. The minimum Gasteiger partial charge on any atom is -0.435 e. The van der Waals surface area contributed by atoms with Gasteiger partial charge < -0.3 is 4.42 Å². The normalized spacial score (nSPS) is 11.4. The second kappa shape index (κ2) is 9.62. The van der Waals surface area contributed by atoms with Gasteiger partial charge in [0, 0.05) is 10.9 Å². The van der Waals surface area contributed by atoms with Gasteiger partial charge >= 0.3 is 0 Å². The fraction of sp³-hybridized carbons (Fsp3) is 0. The van der Waals surface area contributed by atoms with Crippen LogP contribution in [0.3, 0.4) is 0 Å². The van der Waals surface area contributed by atoms with Crippen molar-refractivity contribution in [2.24, 2.45) is 0 Å². The van der Waals surface area contributed by atoms with E-state index < -0.39 is 0 Å². The van der Waals surface area contributed by atoms with Crippen LogP contribution in [0.5, 0.6) is 0 Å². The Morgan fingerprint density at radius 3 is 1.68 bits per heavy atom. The number of oxazole rings is 1. The molecule has 0 N–H and O–H groups in total. The van der Waals surface area contributed by atoms with Crippen LogP contribution in [0.25, 0.3) is 77.5 Å². The summed E-state index contributed by atoms with van der Waals surface area (Å²) < 4.78 is 6.42. The molecule has 1 aromatic heterocycles. The van der Waals surface area contributed by atoms with Crippen LogP contribution in [0.2, 0.25) is 0 Å². The predicted molar refractivity (Wildman–Crippen MR) is 171 cm³/mol. The molecule has 2 heteroatoms. The highest BCUT2D eigenvalue weighted by molar-refractivity contribution is 6.18. The van der Waals surface area contributed by atoms with Crippen molar-refractivity contribution in [3.05, 3.63) is 152 Å². The van der Waals surface area contributed by atoms with Crippen LogP contribution >= 0.6 is 0 Å². The first-order valence-electron chi connectivity index (χ1n) is 13.9. The molecule has 0 saturated carbocycles. The van der Waals surface area contributed by atoms with Crippen LogP contribution in [0, 0.1) is 0 Å². The molecule has 0 fully saturated rings. The Bertz CT molecular complexity index is 2180. The van der Waals surface area contributed by atoms with Crippen LogP contribution in [-0.2, 0) is 0 Å². The summed E-state index contributed by atoms with van der Waals surface area (Å²) in [5, 5.41) is 4.59. The minimum absolute atomic E-state index is 0.646. The van der Waals surface area contributed by atoms with Gasteiger partial charge in [-0.2, -0.15) is 0 Å². The lowest BCUT2D eigenvalue weighted by Crippen LogP contribution is -1.86. The van der Waals surface area contributed by atoms with E-state index in [4.69, 9.17) is 9.40 Å². The lowest BCUT2D eigenvalue weighted by atomic mass is 9.92. The first-order valence-corrected chi connectivity index (χ1v) is 13.9. The van der Waals surface area contributed by atoms with E-state index in [2.05, 4.69) is 121 Å². The van der Waals surface area contributed by atoms with E-state index in [0.717, 1.165) is 27.4 Å². The number of aromatic nitrogens is 1. The van der Waals surface area contributed by atoms with Gasteiger partial charge in [-0.25, -0.2) is 4.98 Å². The molecule has 41 heavy (non-hydrogen) atoms. The van der Waals surface area contributed by atoms with Gasteiger partial charge in [0.15, 0.2) is 5.58 Å². The molecule has 0 spiro atoms. The highest BCUT2D eigenvalue weighted by Crippen LogP contribution is 2.37. The zero-order valence-electron chi connectivity index (χ0n) is 22.3. The van der Waals surface area contributed by atoms with E-state index in [1.54, 1.807) is 0 Å². The zero-order chi connectivity index (χ0) is 27.2. The maximum absolute atomic E-state index is 6.42. The summed E-state index contributed by atoms with van der Waals surface area (Å²) in [7, 11) is 0. The van der Waals surface area contributed by atoms with Gasteiger partial charge in [0.05, 0.1) is 0 Å². The van der Waals surface area contributed by atoms with Gasteiger partial charge in [0.25, 0.3) is 0 Å². The molecule has 0 atom stereocenters. The molecule has 2 nitrogen and oxygen atoms in total. The maximum atomic E-state index is 6.42. The Morgan fingerprint density at radius 1 is 0.415 bits per heavy atom. The highest BCUT2D eigenvalue weighted by atomic mass is 16.3.